The van der Waals surface area contributed by atoms with E-state index in [0.29, 0.717) is 17.8 Å². The van der Waals surface area contributed by atoms with Crippen LogP contribution in [0.25, 0.3) is 0 Å². The number of nitrogens with one attached hydrogen (secondary N) is 1. The first-order chi connectivity index (χ1) is 9.19. The molecule has 2 rings (SSSR count). The van der Waals surface area contributed by atoms with Gasteiger partial charge in [0.25, 0.3) is 0 Å². The zero-order valence-corrected chi connectivity index (χ0v) is 12.3. The van der Waals surface area contributed by atoms with Crippen molar-refractivity contribution >= 4 is 11.3 Å². The minimum absolute atomic E-state index is 0.328. The SMILES string of the molecule is CCC(NC(C)Cc1ccc(O)cc1)c1cccs1. The molecule has 1 heterocycles. The Balaban J connectivity index is 1.93. The quantitative estimate of drug-likeness (QED) is 0.831. The van der Waals surface area contributed by atoms with Gasteiger partial charge in [-0.15, -0.1) is 11.3 Å². The van der Waals surface area contributed by atoms with Crippen molar-refractivity contribution in [2.45, 2.75) is 38.8 Å². The minimum atomic E-state index is 0.328. The second kappa shape index (κ2) is 6.73. The molecule has 0 fully saturated rings. The standard InChI is InChI=1S/C16H21NOS/c1-3-15(16-5-4-10-19-16)17-12(2)11-13-6-8-14(18)9-7-13/h4-10,12,15,17-18H,3,11H2,1-2H3. The van der Waals surface area contributed by atoms with Crippen LogP contribution in [0.2, 0.25) is 0 Å². The zero-order chi connectivity index (χ0) is 13.7. The number of hydrogen-bond donors (Lipinski definition) is 2. The maximum absolute atomic E-state index is 9.29. The molecule has 2 aromatic rings. The number of rotatable bonds is 6. The van der Waals surface area contributed by atoms with Crippen molar-refractivity contribution in [2.24, 2.45) is 0 Å². The summed E-state index contributed by atoms with van der Waals surface area (Å²) < 4.78 is 0. The van der Waals surface area contributed by atoms with E-state index in [1.165, 1.54) is 10.4 Å². The van der Waals surface area contributed by atoms with Crippen LogP contribution in [-0.4, -0.2) is 11.1 Å². The summed E-state index contributed by atoms with van der Waals surface area (Å²) in [6.45, 7) is 4.42. The Bertz CT molecular complexity index is 478. The Morgan fingerprint density at radius 3 is 2.53 bits per heavy atom. The Morgan fingerprint density at radius 2 is 1.95 bits per heavy atom. The molecule has 19 heavy (non-hydrogen) atoms. The van der Waals surface area contributed by atoms with Crippen LogP contribution >= 0.6 is 11.3 Å². The van der Waals surface area contributed by atoms with E-state index in [1.54, 1.807) is 12.1 Å². The summed E-state index contributed by atoms with van der Waals surface area (Å²) in [6.07, 6.45) is 2.07. The van der Waals surface area contributed by atoms with E-state index < -0.39 is 0 Å². The first-order valence-electron chi connectivity index (χ1n) is 6.76. The van der Waals surface area contributed by atoms with E-state index in [-0.39, 0.29) is 0 Å². The summed E-state index contributed by atoms with van der Waals surface area (Å²) >= 11 is 1.81. The highest BCUT2D eigenvalue weighted by molar-refractivity contribution is 7.10. The van der Waals surface area contributed by atoms with Gasteiger partial charge < -0.3 is 10.4 Å². The summed E-state index contributed by atoms with van der Waals surface area (Å²) in [5.41, 5.74) is 1.25. The van der Waals surface area contributed by atoms with Gasteiger partial charge in [0, 0.05) is 17.0 Å². The summed E-state index contributed by atoms with van der Waals surface area (Å²) in [4.78, 5) is 1.40. The minimum Gasteiger partial charge on any atom is -0.508 e. The molecular weight excluding hydrogens is 254 g/mol. The molecule has 102 valence electrons. The third kappa shape index (κ3) is 4.08. The van der Waals surface area contributed by atoms with Crippen molar-refractivity contribution in [1.29, 1.82) is 0 Å². The number of benzene rings is 1. The van der Waals surface area contributed by atoms with E-state index in [0.717, 1.165) is 12.8 Å². The molecule has 2 N–H and O–H groups in total. The van der Waals surface area contributed by atoms with E-state index >= 15 is 0 Å². The van der Waals surface area contributed by atoms with Crippen LogP contribution in [0.3, 0.4) is 0 Å². The van der Waals surface area contributed by atoms with Crippen LogP contribution in [0.1, 0.15) is 36.8 Å². The second-order valence-corrected chi connectivity index (χ2v) is 5.89. The molecule has 3 heteroatoms. The molecule has 0 saturated heterocycles. The largest absolute Gasteiger partial charge is 0.508 e. The Hall–Kier alpha value is -1.32. The van der Waals surface area contributed by atoms with Gasteiger partial charge in [0.2, 0.25) is 0 Å². The summed E-state index contributed by atoms with van der Waals surface area (Å²) in [5, 5.41) is 15.1. The normalized spacial score (nSPS) is 14.2. The average Bonchev–Trinajstić information content (AvgIpc) is 2.92. The van der Waals surface area contributed by atoms with E-state index in [2.05, 4.69) is 36.7 Å². The monoisotopic (exact) mass is 275 g/mol. The molecule has 1 aromatic heterocycles. The maximum Gasteiger partial charge on any atom is 0.115 e. The van der Waals surface area contributed by atoms with Crippen molar-refractivity contribution in [3.63, 3.8) is 0 Å². The topological polar surface area (TPSA) is 32.3 Å². The molecule has 2 unspecified atom stereocenters. The third-order valence-electron chi connectivity index (χ3n) is 3.26. The fourth-order valence-electron chi connectivity index (χ4n) is 2.28. The van der Waals surface area contributed by atoms with Crippen molar-refractivity contribution in [3.05, 3.63) is 52.2 Å². The highest BCUT2D eigenvalue weighted by Gasteiger charge is 2.13. The lowest BCUT2D eigenvalue weighted by atomic mass is 10.1. The Labute approximate surface area is 119 Å². The highest BCUT2D eigenvalue weighted by atomic mass is 32.1. The van der Waals surface area contributed by atoms with Crippen molar-refractivity contribution < 1.29 is 5.11 Å². The number of phenols is 1. The molecular formula is C16H21NOS. The van der Waals surface area contributed by atoms with E-state index in [9.17, 15) is 5.11 Å². The lowest BCUT2D eigenvalue weighted by molar-refractivity contribution is 0.447. The molecule has 0 aliphatic carbocycles. The molecule has 2 nitrogen and oxygen atoms in total. The van der Waals surface area contributed by atoms with Crippen molar-refractivity contribution in [2.75, 3.05) is 0 Å². The number of thiophene rings is 1. The average molecular weight is 275 g/mol. The van der Waals surface area contributed by atoms with Crippen molar-refractivity contribution in [1.82, 2.24) is 5.32 Å². The van der Waals surface area contributed by atoms with Crippen LogP contribution < -0.4 is 5.32 Å². The van der Waals surface area contributed by atoms with Crippen LogP contribution in [0.15, 0.2) is 41.8 Å². The predicted octanol–water partition coefficient (Wildman–Crippen LogP) is 4.13. The molecule has 0 radical (unpaired) electrons. The number of aromatic hydroxyl groups is 1. The summed E-state index contributed by atoms with van der Waals surface area (Å²) in [5.74, 6) is 0.328. The zero-order valence-electron chi connectivity index (χ0n) is 11.5. The van der Waals surface area contributed by atoms with E-state index in [1.807, 2.05) is 23.5 Å². The fraction of sp³-hybridized carbons (Fsp3) is 0.375. The van der Waals surface area contributed by atoms with Gasteiger partial charge in [-0.2, -0.15) is 0 Å². The molecule has 1 aromatic carbocycles. The van der Waals surface area contributed by atoms with Crippen molar-refractivity contribution in [3.8, 4) is 5.75 Å². The van der Waals surface area contributed by atoms with Gasteiger partial charge in [-0.25, -0.2) is 0 Å². The highest BCUT2D eigenvalue weighted by Crippen LogP contribution is 2.22. The van der Waals surface area contributed by atoms with Gasteiger partial charge >= 0.3 is 0 Å². The molecule has 0 aliphatic heterocycles. The number of phenolic OH excluding ortho intramolecular Hbond substituents is 1. The lowest BCUT2D eigenvalue weighted by Crippen LogP contribution is -2.31. The van der Waals surface area contributed by atoms with Gasteiger partial charge in [-0.3, -0.25) is 0 Å². The smallest absolute Gasteiger partial charge is 0.115 e. The van der Waals surface area contributed by atoms with Crippen LogP contribution in [0.4, 0.5) is 0 Å². The van der Waals surface area contributed by atoms with Crippen LogP contribution in [-0.2, 0) is 6.42 Å². The van der Waals surface area contributed by atoms with Crippen LogP contribution in [0.5, 0.6) is 5.75 Å². The molecule has 0 saturated carbocycles. The maximum atomic E-state index is 9.29. The fourth-order valence-corrected chi connectivity index (χ4v) is 3.15. The van der Waals surface area contributed by atoms with E-state index in [4.69, 9.17) is 0 Å². The van der Waals surface area contributed by atoms with Crippen LogP contribution in [0, 0.1) is 0 Å². The molecule has 0 aliphatic rings. The summed E-state index contributed by atoms with van der Waals surface area (Å²) in [6, 6.07) is 12.6. The second-order valence-electron chi connectivity index (χ2n) is 4.91. The molecule has 0 bridgehead atoms. The molecule has 2 atom stereocenters. The lowest BCUT2D eigenvalue weighted by Gasteiger charge is -2.21. The van der Waals surface area contributed by atoms with Gasteiger partial charge in [0.1, 0.15) is 5.75 Å². The summed E-state index contributed by atoms with van der Waals surface area (Å²) in [7, 11) is 0. The van der Waals surface area contributed by atoms with Gasteiger partial charge in [0.05, 0.1) is 0 Å². The van der Waals surface area contributed by atoms with Gasteiger partial charge in [-0.1, -0.05) is 25.1 Å². The Morgan fingerprint density at radius 1 is 1.21 bits per heavy atom. The molecule has 0 amide bonds. The molecule has 0 spiro atoms. The van der Waals surface area contributed by atoms with Gasteiger partial charge in [-0.05, 0) is 48.9 Å². The first kappa shape index (κ1) is 14.1. The number of hydrogen-bond acceptors (Lipinski definition) is 3. The third-order valence-corrected chi connectivity index (χ3v) is 4.24. The Kier molecular flexibility index (Phi) is 5.00. The predicted molar refractivity (Wildman–Crippen MR) is 81.8 cm³/mol. The first-order valence-corrected chi connectivity index (χ1v) is 7.64. The van der Waals surface area contributed by atoms with Gasteiger partial charge in [0.15, 0.2) is 0 Å².